The minimum atomic E-state index is -1.06. The molecule has 1 unspecified atom stereocenters. The summed E-state index contributed by atoms with van der Waals surface area (Å²) in [6, 6.07) is 0. The highest BCUT2D eigenvalue weighted by Gasteiger charge is 2.20. The second-order valence-corrected chi connectivity index (χ2v) is 2.91. The van der Waals surface area contributed by atoms with Crippen molar-refractivity contribution in [1.29, 1.82) is 0 Å². The molecule has 1 heterocycles. The highest BCUT2D eigenvalue weighted by molar-refractivity contribution is 5.73. The van der Waals surface area contributed by atoms with Gasteiger partial charge in [0.1, 0.15) is 6.10 Å². The molecule has 0 aromatic heterocycles. The Bertz CT molecular complexity index is 149. The summed E-state index contributed by atoms with van der Waals surface area (Å²) in [6.07, 6.45) is 1.26. The Morgan fingerprint density at radius 3 is 2.92 bits per heavy atom. The lowest BCUT2D eigenvalue weighted by atomic mass is 10.2. The first-order chi connectivity index (χ1) is 5.70. The maximum Gasteiger partial charge on any atom is 0.336 e. The van der Waals surface area contributed by atoms with E-state index in [1.165, 1.54) is 6.92 Å². The van der Waals surface area contributed by atoms with Crippen LogP contribution in [-0.2, 0) is 14.3 Å². The lowest BCUT2D eigenvalue weighted by Crippen LogP contribution is -2.30. The fourth-order valence-corrected chi connectivity index (χ4v) is 1.03. The molecule has 1 N–H and O–H groups in total. The topological polar surface area (TPSA) is 55.8 Å². The maximum atomic E-state index is 10.9. The molecule has 0 radical (unpaired) electrons. The molecule has 1 fully saturated rings. The Hall–Kier alpha value is -0.610. The predicted octanol–water partition coefficient (Wildman–Crippen LogP) is 0.437. The Kier molecular flexibility index (Phi) is 3.49. The molecule has 2 atom stereocenters. The van der Waals surface area contributed by atoms with Crippen molar-refractivity contribution >= 4 is 5.97 Å². The molecule has 0 bridgehead atoms. The summed E-state index contributed by atoms with van der Waals surface area (Å²) < 4.78 is 9.99. The third-order valence-corrected chi connectivity index (χ3v) is 1.73. The van der Waals surface area contributed by atoms with Gasteiger partial charge in [0.05, 0.1) is 6.61 Å². The van der Waals surface area contributed by atoms with Gasteiger partial charge in [-0.05, 0) is 19.8 Å². The van der Waals surface area contributed by atoms with Crippen molar-refractivity contribution in [3.8, 4) is 0 Å². The zero-order valence-electron chi connectivity index (χ0n) is 7.16. The fraction of sp³-hybridized carbons (Fsp3) is 0.875. The number of esters is 1. The lowest BCUT2D eigenvalue weighted by Gasteiger charge is -2.22. The maximum absolute atomic E-state index is 10.9. The molecule has 12 heavy (non-hydrogen) atoms. The molecule has 4 heteroatoms. The number of carbonyl (C=O) groups excluding carboxylic acids is 1. The Labute approximate surface area is 71.5 Å². The Morgan fingerprint density at radius 2 is 2.42 bits per heavy atom. The van der Waals surface area contributed by atoms with E-state index in [2.05, 4.69) is 0 Å². The minimum Gasteiger partial charge on any atom is -0.434 e. The van der Waals surface area contributed by atoms with Crippen LogP contribution >= 0.6 is 0 Å². The van der Waals surface area contributed by atoms with Crippen LogP contribution in [-0.4, -0.2) is 30.1 Å². The van der Waals surface area contributed by atoms with Crippen molar-refractivity contribution < 1.29 is 19.4 Å². The van der Waals surface area contributed by atoms with Gasteiger partial charge in [-0.3, -0.25) is 0 Å². The molecule has 0 aromatic carbocycles. The van der Waals surface area contributed by atoms with Gasteiger partial charge in [0.25, 0.3) is 0 Å². The number of hydrogen-bond donors (Lipinski definition) is 1. The highest BCUT2D eigenvalue weighted by atomic mass is 16.7. The van der Waals surface area contributed by atoms with Crippen LogP contribution in [0.1, 0.15) is 26.2 Å². The van der Waals surface area contributed by atoms with E-state index in [0.29, 0.717) is 6.61 Å². The Balaban J connectivity index is 2.24. The Morgan fingerprint density at radius 1 is 1.67 bits per heavy atom. The van der Waals surface area contributed by atoms with Crippen molar-refractivity contribution in [3.05, 3.63) is 0 Å². The van der Waals surface area contributed by atoms with Crippen LogP contribution in [0.4, 0.5) is 0 Å². The number of aliphatic hydroxyl groups is 1. The molecule has 1 saturated heterocycles. The molecular weight excluding hydrogens is 160 g/mol. The molecule has 1 rings (SSSR count). The van der Waals surface area contributed by atoms with E-state index in [1.54, 1.807) is 0 Å². The van der Waals surface area contributed by atoms with E-state index in [0.717, 1.165) is 19.3 Å². The van der Waals surface area contributed by atoms with Crippen LogP contribution in [0.2, 0.25) is 0 Å². The van der Waals surface area contributed by atoms with Crippen LogP contribution in [0.25, 0.3) is 0 Å². The minimum absolute atomic E-state index is 0.444. The highest BCUT2D eigenvalue weighted by Crippen LogP contribution is 2.14. The third-order valence-electron chi connectivity index (χ3n) is 1.73. The average Bonchev–Trinajstić information content (AvgIpc) is 2.06. The van der Waals surface area contributed by atoms with Gasteiger partial charge in [-0.2, -0.15) is 0 Å². The van der Waals surface area contributed by atoms with Gasteiger partial charge in [-0.25, -0.2) is 4.79 Å². The van der Waals surface area contributed by atoms with E-state index in [1.807, 2.05) is 0 Å². The first-order valence-electron chi connectivity index (χ1n) is 4.20. The molecule has 1 aliphatic heterocycles. The summed E-state index contributed by atoms with van der Waals surface area (Å²) in [6.45, 7) is 2.02. The van der Waals surface area contributed by atoms with Gasteiger partial charge in [0.15, 0.2) is 0 Å². The van der Waals surface area contributed by atoms with E-state index < -0.39 is 18.4 Å². The van der Waals surface area contributed by atoms with E-state index >= 15 is 0 Å². The molecule has 70 valence electrons. The first kappa shape index (κ1) is 9.48. The first-order valence-corrected chi connectivity index (χ1v) is 4.20. The number of ether oxygens (including phenoxy) is 2. The lowest BCUT2D eigenvalue weighted by molar-refractivity contribution is -0.194. The van der Waals surface area contributed by atoms with Crippen LogP contribution in [0.3, 0.4) is 0 Å². The summed E-state index contributed by atoms with van der Waals surface area (Å²) in [5.74, 6) is -0.609. The number of rotatable bonds is 2. The van der Waals surface area contributed by atoms with E-state index in [9.17, 15) is 4.79 Å². The fourth-order valence-electron chi connectivity index (χ4n) is 1.03. The second kappa shape index (κ2) is 4.42. The van der Waals surface area contributed by atoms with Gasteiger partial charge < -0.3 is 14.6 Å². The van der Waals surface area contributed by atoms with Crippen LogP contribution in [0.15, 0.2) is 0 Å². The summed E-state index contributed by atoms with van der Waals surface area (Å²) in [7, 11) is 0. The van der Waals surface area contributed by atoms with Gasteiger partial charge in [-0.15, -0.1) is 0 Å². The SMILES string of the molecule is C[C@H](O)C(=O)OC1CCCCO1. The normalized spacial score (nSPS) is 26.3. The summed E-state index contributed by atoms with van der Waals surface area (Å²) in [5.41, 5.74) is 0. The predicted molar refractivity (Wildman–Crippen MR) is 41.4 cm³/mol. The molecule has 1 aliphatic rings. The van der Waals surface area contributed by atoms with E-state index in [-0.39, 0.29) is 0 Å². The molecule has 0 amide bonds. The average molecular weight is 174 g/mol. The molecule has 0 saturated carbocycles. The van der Waals surface area contributed by atoms with Gasteiger partial charge in [0.2, 0.25) is 6.29 Å². The number of carbonyl (C=O) groups is 1. The summed E-state index contributed by atoms with van der Waals surface area (Å²) in [4.78, 5) is 10.9. The van der Waals surface area contributed by atoms with E-state index in [4.69, 9.17) is 14.6 Å². The number of aliphatic hydroxyl groups excluding tert-OH is 1. The van der Waals surface area contributed by atoms with Crippen molar-refractivity contribution in [2.45, 2.75) is 38.6 Å². The molecular formula is C8H14O4. The molecule has 0 spiro atoms. The van der Waals surface area contributed by atoms with Crippen molar-refractivity contribution in [2.24, 2.45) is 0 Å². The number of hydrogen-bond acceptors (Lipinski definition) is 4. The summed E-state index contributed by atoms with van der Waals surface area (Å²) >= 11 is 0. The molecule has 0 aromatic rings. The van der Waals surface area contributed by atoms with Crippen molar-refractivity contribution in [2.75, 3.05) is 6.61 Å². The monoisotopic (exact) mass is 174 g/mol. The van der Waals surface area contributed by atoms with Crippen molar-refractivity contribution in [1.82, 2.24) is 0 Å². The van der Waals surface area contributed by atoms with Crippen LogP contribution < -0.4 is 0 Å². The second-order valence-electron chi connectivity index (χ2n) is 2.91. The van der Waals surface area contributed by atoms with Gasteiger partial charge in [-0.1, -0.05) is 0 Å². The summed E-state index contributed by atoms with van der Waals surface area (Å²) in [5, 5.41) is 8.82. The van der Waals surface area contributed by atoms with Crippen molar-refractivity contribution in [3.63, 3.8) is 0 Å². The zero-order chi connectivity index (χ0) is 8.97. The zero-order valence-corrected chi connectivity index (χ0v) is 7.16. The van der Waals surface area contributed by atoms with Crippen LogP contribution in [0.5, 0.6) is 0 Å². The standard InChI is InChI=1S/C8H14O4/c1-6(9)8(10)12-7-4-2-3-5-11-7/h6-7,9H,2-5H2,1H3/t6-,7?/m0/s1. The quantitative estimate of drug-likeness (QED) is 0.617. The van der Waals surface area contributed by atoms with Crippen LogP contribution in [0, 0.1) is 0 Å². The largest absolute Gasteiger partial charge is 0.434 e. The molecule has 0 aliphatic carbocycles. The smallest absolute Gasteiger partial charge is 0.336 e. The molecule has 4 nitrogen and oxygen atoms in total. The van der Waals surface area contributed by atoms with Gasteiger partial charge in [0, 0.05) is 6.42 Å². The third kappa shape index (κ3) is 2.79. The van der Waals surface area contributed by atoms with Gasteiger partial charge >= 0.3 is 5.97 Å².